The van der Waals surface area contributed by atoms with Gasteiger partial charge in [-0.15, -0.1) is 0 Å². The highest BCUT2D eigenvalue weighted by molar-refractivity contribution is 7.23. The molecule has 1 aliphatic rings. The van der Waals surface area contributed by atoms with E-state index in [0.29, 0.717) is 17.8 Å². The Morgan fingerprint density at radius 3 is 2.78 bits per heavy atom. The van der Waals surface area contributed by atoms with Crippen molar-refractivity contribution in [2.75, 3.05) is 11.9 Å². The molecule has 1 aliphatic carbocycles. The van der Waals surface area contributed by atoms with Gasteiger partial charge in [-0.3, -0.25) is 4.79 Å². The molecule has 1 aromatic heterocycles. The van der Waals surface area contributed by atoms with Gasteiger partial charge in [0.05, 0.1) is 6.33 Å². The number of H-pyrrole nitrogens is 1. The molecule has 1 saturated carbocycles. The minimum Gasteiger partial charge on any atom is -0.396 e. The number of aromatic amines is 1. The summed E-state index contributed by atoms with van der Waals surface area (Å²) in [6.45, 7) is 0.251. The number of rotatable bonds is 3. The highest BCUT2D eigenvalue weighted by Gasteiger charge is 2.23. The summed E-state index contributed by atoms with van der Waals surface area (Å²) < 4.78 is 0. The number of hydrogen-bond acceptors (Lipinski definition) is 6. The van der Waals surface area contributed by atoms with Crippen LogP contribution in [0.25, 0.3) is 0 Å². The van der Waals surface area contributed by atoms with E-state index >= 15 is 0 Å². The number of aliphatic hydroxyl groups excluding tert-OH is 1. The fourth-order valence-electron chi connectivity index (χ4n) is 2.03. The van der Waals surface area contributed by atoms with Gasteiger partial charge in [-0.05, 0) is 25.2 Å². The van der Waals surface area contributed by atoms with E-state index in [1.54, 1.807) is 0 Å². The van der Waals surface area contributed by atoms with E-state index in [1.807, 2.05) is 0 Å². The maximum Gasteiger partial charge on any atom is 0.252 e. The Morgan fingerprint density at radius 1 is 1.50 bits per heavy atom. The average molecular weight is 275 g/mol. The molecule has 1 heterocycles. The van der Waals surface area contributed by atoms with Crippen LogP contribution in [0.5, 0.6) is 0 Å². The largest absolute Gasteiger partial charge is 0.396 e. The molecule has 0 saturated heterocycles. The summed E-state index contributed by atoms with van der Waals surface area (Å²) in [5.41, 5.74) is -0.149. The van der Waals surface area contributed by atoms with Crippen LogP contribution in [-0.4, -0.2) is 37.5 Å². The molecule has 7 nitrogen and oxygen atoms in total. The van der Waals surface area contributed by atoms with E-state index in [0.717, 1.165) is 19.3 Å². The van der Waals surface area contributed by atoms with Gasteiger partial charge in [-0.2, -0.15) is 0 Å². The van der Waals surface area contributed by atoms with Crippen molar-refractivity contribution in [1.29, 1.82) is 0 Å². The van der Waals surface area contributed by atoms with Gasteiger partial charge in [0.1, 0.15) is 14.9 Å². The fourth-order valence-corrected chi connectivity index (χ4v) is 2.03. The van der Waals surface area contributed by atoms with Crippen molar-refractivity contribution in [2.45, 2.75) is 25.3 Å². The van der Waals surface area contributed by atoms with Crippen molar-refractivity contribution < 1.29 is 14.9 Å². The van der Waals surface area contributed by atoms with Crippen molar-refractivity contribution in [3.05, 3.63) is 22.7 Å². The van der Waals surface area contributed by atoms with Gasteiger partial charge in [0.2, 0.25) is 0 Å². The Kier molecular flexibility index (Phi) is 6.82. The van der Waals surface area contributed by atoms with Gasteiger partial charge in [-0.1, -0.05) is 0 Å². The molecule has 1 fully saturated rings. The summed E-state index contributed by atoms with van der Waals surface area (Å²) in [5, 5.41) is 12.2. The second kappa shape index (κ2) is 8.16. The Balaban J connectivity index is 0.000000492. The average Bonchev–Trinajstić information content (AvgIpc) is 2.78. The van der Waals surface area contributed by atoms with E-state index in [9.17, 15) is 4.79 Å². The SMILES string of the molecule is O=c1cc(NC2CCC(CO)C2)nc[nH]1.OPO. The zero-order valence-corrected chi connectivity index (χ0v) is 10.8. The van der Waals surface area contributed by atoms with Gasteiger partial charge in [-0.25, -0.2) is 4.98 Å². The lowest BCUT2D eigenvalue weighted by Gasteiger charge is -2.12. The molecule has 0 radical (unpaired) electrons. The zero-order valence-electron chi connectivity index (χ0n) is 9.83. The molecule has 2 rings (SSSR count). The summed E-state index contributed by atoms with van der Waals surface area (Å²) in [6.07, 6.45) is 4.41. The van der Waals surface area contributed by atoms with Crippen molar-refractivity contribution in [3.63, 3.8) is 0 Å². The molecule has 8 heteroatoms. The first-order valence-electron chi connectivity index (χ1n) is 5.65. The molecule has 2 atom stereocenters. The highest BCUT2D eigenvalue weighted by atomic mass is 31.1. The van der Waals surface area contributed by atoms with E-state index in [1.165, 1.54) is 12.4 Å². The smallest absolute Gasteiger partial charge is 0.252 e. The van der Waals surface area contributed by atoms with Crippen molar-refractivity contribution in [1.82, 2.24) is 9.97 Å². The summed E-state index contributed by atoms with van der Waals surface area (Å²) in [6, 6.07) is 1.78. The Hall–Kier alpha value is -1.01. The normalized spacial score (nSPS) is 22.2. The quantitative estimate of drug-likeness (QED) is 0.488. The van der Waals surface area contributed by atoms with Crippen LogP contribution in [0, 0.1) is 5.92 Å². The van der Waals surface area contributed by atoms with Crippen LogP contribution in [0.2, 0.25) is 0 Å². The van der Waals surface area contributed by atoms with E-state index in [-0.39, 0.29) is 12.2 Å². The topological polar surface area (TPSA) is 118 Å². The second-order valence-electron chi connectivity index (χ2n) is 4.10. The maximum absolute atomic E-state index is 11.0. The first-order chi connectivity index (χ1) is 8.69. The van der Waals surface area contributed by atoms with E-state index in [4.69, 9.17) is 14.9 Å². The van der Waals surface area contributed by atoms with Crippen molar-refractivity contribution in [3.8, 4) is 0 Å². The van der Waals surface area contributed by atoms with Crippen LogP contribution in [0.15, 0.2) is 17.2 Å². The lowest BCUT2D eigenvalue weighted by Crippen LogP contribution is -2.19. The summed E-state index contributed by atoms with van der Waals surface area (Å²) >= 11 is 0. The molecule has 0 aliphatic heterocycles. The number of hydrogen-bond donors (Lipinski definition) is 5. The summed E-state index contributed by atoms with van der Waals surface area (Å²) in [4.78, 5) is 31.8. The van der Waals surface area contributed by atoms with Gasteiger partial charge >= 0.3 is 0 Å². The van der Waals surface area contributed by atoms with Gasteiger partial charge in [0, 0.05) is 18.7 Å². The monoisotopic (exact) mass is 275 g/mol. The molecule has 5 N–H and O–H groups in total. The van der Waals surface area contributed by atoms with Gasteiger partial charge in [0.15, 0.2) is 0 Å². The minimum atomic E-state index is -0.917. The molecular weight excluding hydrogens is 257 g/mol. The summed E-state index contributed by atoms with van der Waals surface area (Å²) in [7, 11) is -0.917. The lowest BCUT2D eigenvalue weighted by molar-refractivity contribution is 0.229. The first kappa shape index (κ1) is 15.0. The van der Waals surface area contributed by atoms with E-state index < -0.39 is 9.03 Å². The maximum atomic E-state index is 11.0. The Morgan fingerprint density at radius 2 is 2.22 bits per heavy atom. The van der Waals surface area contributed by atoms with Crippen LogP contribution in [0.3, 0.4) is 0 Å². The first-order valence-corrected chi connectivity index (χ1v) is 6.54. The number of aromatic nitrogens is 2. The van der Waals surface area contributed by atoms with Crippen LogP contribution in [-0.2, 0) is 0 Å². The standard InChI is InChI=1S/C10H15N3O2.H3O2P/c14-5-7-1-2-8(3-7)13-9-4-10(15)12-6-11-9;1-3-2/h4,6-8,14H,1-3,5H2,(H2,11,12,13,15);1-3H. The molecule has 2 unspecified atom stereocenters. The molecular formula is C10H18N3O4P. The van der Waals surface area contributed by atoms with Crippen molar-refractivity contribution >= 4 is 14.9 Å². The highest BCUT2D eigenvalue weighted by Crippen LogP contribution is 2.26. The van der Waals surface area contributed by atoms with Gasteiger partial charge in [0.25, 0.3) is 5.56 Å². The molecule has 0 bridgehead atoms. The molecule has 18 heavy (non-hydrogen) atoms. The van der Waals surface area contributed by atoms with Crippen molar-refractivity contribution in [2.24, 2.45) is 5.92 Å². The number of anilines is 1. The summed E-state index contributed by atoms with van der Waals surface area (Å²) in [5.74, 6) is 1.01. The molecule has 0 amide bonds. The second-order valence-corrected chi connectivity index (χ2v) is 4.30. The minimum absolute atomic E-state index is 0.149. The third kappa shape index (κ3) is 5.10. The molecule has 102 valence electrons. The predicted octanol–water partition coefficient (Wildman–Crippen LogP) is -0.178. The molecule has 0 spiro atoms. The third-order valence-electron chi connectivity index (χ3n) is 2.83. The number of nitrogens with one attached hydrogen (secondary N) is 2. The van der Waals surface area contributed by atoms with Crippen LogP contribution >= 0.6 is 9.03 Å². The predicted molar refractivity (Wildman–Crippen MR) is 69.4 cm³/mol. The molecule has 1 aromatic rings. The Bertz CT molecular complexity index is 401. The number of aliphatic hydroxyl groups is 1. The third-order valence-corrected chi connectivity index (χ3v) is 2.83. The zero-order chi connectivity index (χ0) is 13.4. The fraction of sp³-hybridized carbons (Fsp3) is 0.600. The van der Waals surface area contributed by atoms with Gasteiger partial charge < -0.3 is 25.2 Å². The van der Waals surface area contributed by atoms with E-state index in [2.05, 4.69) is 15.3 Å². The van der Waals surface area contributed by atoms with Crippen LogP contribution < -0.4 is 10.9 Å². The Labute approximate surface area is 106 Å². The molecule has 0 aromatic carbocycles. The lowest BCUT2D eigenvalue weighted by atomic mass is 10.1. The van der Waals surface area contributed by atoms with Crippen LogP contribution in [0.1, 0.15) is 19.3 Å². The van der Waals surface area contributed by atoms with Crippen LogP contribution in [0.4, 0.5) is 5.82 Å². The number of nitrogens with zero attached hydrogens (tertiary/aromatic N) is 1.